The number of hydrogen-bond donors (Lipinski definition) is 1. The fourth-order valence-corrected chi connectivity index (χ4v) is 2.32. The van der Waals surface area contributed by atoms with E-state index in [1.165, 1.54) is 0 Å². The Morgan fingerprint density at radius 2 is 2.21 bits per heavy atom. The summed E-state index contributed by atoms with van der Waals surface area (Å²) in [6, 6.07) is 8.22. The minimum Gasteiger partial charge on any atom is -0.493 e. The minimum absolute atomic E-state index is 0.0325. The highest BCUT2D eigenvalue weighted by atomic mass is 16.6. The van der Waals surface area contributed by atoms with E-state index < -0.39 is 0 Å². The molecule has 0 saturated carbocycles. The zero-order valence-corrected chi connectivity index (χ0v) is 11.7. The van der Waals surface area contributed by atoms with Crippen molar-refractivity contribution in [1.82, 2.24) is 5.32 Å². The summed E-state index contributed by atoms with van der Waals surface area (Å²) < 4.78 is 17.1. The van der Waals surface area contributed by atoms with Crippen molar-refractivity contribution in [1.29, 1.82) is 0 Å². The van der Waals surface area contributed by atoms with Crippen molar-refractivity contribution in [3.8, 4) is 5.75 Å². The third-order valence-corrected chi connectivity index (χ3v) is 3.24. The van der Waals surface area contributed by atoms with Gasteiger partial charge in [0.05, 0.1) is 32.5 Å². The van der Waals surface area contributed by atoms with Gasteiger partial charge in [0, 0.05) is 5.56 Å². The van der Waals surface area contributed by atoms with Crippen LogP contribution >= 0.6 is 0 Å². The van der Waals surface area contributed by atoms with Crippen molar-refractivity contribution in [2.45, 2.75) is 25.5 Å². The molecule has 2 atom stereocenters. The zero-order valence-electron chi connectivity index (χ0n) is 11.7. The van der Waals surface area contributed by atoms with E-state index in [0.717, 1.165) is 24.3 Å². The summed E-state index contributed by atoms with van der Waals surface area (Å²) in [5, 5.41) is 3.32. The van der Waals surface area contributed by atoms with Crippen LogP contribution < -0.4 is 10.1 Å². The Hall–Kier alpha value is -1.10. The highest BCUT2D eigenvalue weighted by molar-refractivity contribution is 5.36. The quantitative estimate of drug-likeness (QED) is 0.855. The lowest BCUT2D eigenvalue weighted by molar-refractivity contribution is -0.102. The number of rotatable bonds is 6. The molecule has 1 aliphatic heterocycles. The van der Waals surface area contributed by atoms with Crippen molar-refractivity contribution < 1.29 is 14.2 Å². The van der Waals surface area contributed by atoms with Crippen LogP contribution in [0.3, 0.4) is 0 Å². The molecule has 0 aliphatic carbocycles. The number of likely N-dealkylation sites (N-methyl/N-ethyl adjacent to an activating group) is 1. The summed E-state index contributed by atoms with van der Waals surface area (Å²) in [4.78, 5) is 0. The standard InChI is InChI=1S/C15H23NO3/c1-3-8-18-13-7-5-4-6-12(13)15(16-2)14-11-17-9-10-19-14/h4-7,14-16H,3,8-11H2,1-2H3. The fraction of sp³-hybridized carbons (Fsp3) is 0.600. The molecule has 2 rings (SSSR count). The molecule has 0 bridgehead atoms. The van der Waals surface area contributed by atoms with Crippen LogP contribution in [0.25, 0.3) is 0 Å². The summed E-state index contributed by atoms with van der Waals surface area (Å²) in [5.41, 5.74) is 1.13. The van der Waals surface area contributed by atoms with Crippen LogP contribution in [-0.2, 0) is 9.47 Å². The highest BCUT2D eigenvalue weighted by Crippen LogP contribution is 2.29. The Morgan fingerprint density at radius 1 is 1.37 bits per heavy atom. The monoisotopic (exact) mass is 265 g/mol. The largest absolute Gasteiger partial charge is 0.493 e. The fourth-order valence-electron chi connectivity index (χ4n) is 2.32. The molecule has 0 aromatic heterocycles. The molecule has 4 nitrogen and oxygen atoms in total. The SMILES string of the molecule is CCCOc1ccccc1C(NC)C1COCCO1. The molecule has 0 spiro atoms. The molecule has 1 aromatic rings. The van der Waals surface area contributed by atoms with Gasteiger partial charge in [0.25, 0.3) is 0 Å². The molecular formula is C15H23NO3. The van der Waals surface area contributed by atoms with Gasteiger partial charge < -0.3 is 19.5 Å². The molecular weight excluding hydrogens is 242 g/mol. The minimum atomic E-state index is 0.0325. The maximum Gasteiger partial charge on any atom is 0.124 e. The molecule has 2 unspecified atom stereocenters. The first kappa shape index (κ1) is 14.3. The number of ether oxygens (including phenoxy) is 3. The second-order valence-corrected chi connectivity index (χ2v) is 4.64. The molecule has 1 saturated heterocycles. The first-order chi connectivity index (χ1) is 9.36. The van der Waals surface area contributed by atoms with Gasteiger partial charge in [0.1, 0.15) is 11.9 Å². The lowest BCUT2D eigenvalue weighted by Crippen LogP contribution is -2.39. The first-order valence-corrected chi connectivity index (χ1v) is 6.95. The summed E-state index contributed by atoms with van der Waals surface area (Å²) in [7, 11) is 1.94. The van der Waals surface area contributed by atoms with Gasteiger partial charge in [-0.3, -0.25) is 0 Å². The molecule has 0 radical (unpaired) electrons. The average molecular weight is 265 g/mol. The van der Waals surface area contributed by atoms with E-state index >= 15 is 0 Å². The molecule has 1 fully saturated rings. The molecule has 106 valence electrons. The van der Waals surface area contributed by atoms with Crippen LogP contribution in [0.5, 0.6) is 5.75 Å². The Labute approximate surface area is 115 Å². The van der Waals surface area contributed by atoms with Gasteiger partial charge >= 0.3 is 0 Å². The molecule has 19 heavy (non-hydrogen) atoms. The second kappa shape index (κ2) is 7.48. The van der Waals surface area contributed by atoms with Gasteiger partial charge in [-0.05, 0) is 19.5 Å². The molecule has 1 heterocycles. The van der Waals surface area contributed by atoms with Crippen LogP contribution in [0.2, 0.25) is 0 Å². The summed E-state index contributed by atoms with van der Waals surface area (Å²) in [6.07, 6.45) is 1.03. The Kier molecular flexibility index (Phi) is 5.63. The van der Waals surface area contributed by atoms with Crippen LogP contribution in [0, 0.1) is 0 Å². The zero-order chi connectivity index (χ0) is 13.5. The van der Waals surface area contributed by atoms with Crippen LogP contribution in [0.1, 0.15) is 24.9 Å². The second-order valence-electron chi connectivity index (χ2n) is 4.64. The van der Waals surface area contributed by atoms with E-state index in [9.17, 15) is 0 Å². The highest BCUT2D eigenvalue weighted by Gasteiger charge is 2.27. The summed E-state index contributed by atoms with van der Waals surface area (Å²) in [5.74, 6) is 0.929. The number of para-hydroxylation sites is 1. The predicted octanol–water partition coefficient (Wildman–Crippen LogP) is 2.15. The lowest BCUT2D eigenvalue weighted by Gasteiger charge is -2.31. The topological polar surface area (TPSA) is 39.7 Å². The molecule has 0 amide bonds. The third-order valence-electron chi connectivity index (χ3n) is 3.24. The van der Waals surface area contributed by atoms with Crippen LogP contribution in [0.15, 0.2) is 24.3 Å². The Morgan fingerprint density at radius 3 is 2.89 bits per heavy atom. The van der Waals surface area contributed by atoms with E-state index in [4.69, 9.17) is 14.2 Å². The smallest absolute Gasteiger partial charge is 0.124 e. The van der Waals surface area contributed by atoms with E-state index in [1.807, 2.05) is 25.2 Å². The van der Waals surface area contributed by atoms with Gasteiger partial charge in [-0.2, -0.15) is 0 Å². The van der Waals surface area contributed by atoms with Crippen LogP contribution in [-0.4, -0.2) is 39.6 Å². The van der Waals surface area contributed by atoms with Gasteiger partial charge in [-0.25, -0.2) is 0 Å². The summed E-state index contributed by atoms with van der Waals surface area (Å²) >= 11 is 0. The Balaban J connectivity index is 2.16. The van der Waals surface area contributed by atoms with E-state index in [2.05, 4.69) is 18.3 Å². The van der Waals surface area contributed by atoms with Gasteiger partial charge in [0.2, 0.25) is 0 Å². The van der Waals surface area contributed by atoms with Gasteiger partial charge in [-0.1, -0.05) is 25.1 Å². The van der Waals surface area contributed by atoms with E-state index in [-0.39, 0.29) is 12.1 Å². The van der Waals surface area contributed by atoms with E-state index in [0.29, 0.717) is 19.8 Å². The van der Waals surface area contributed by atoms with Gasteiger partial charge in [0.15, 0.2) is 0 Å². The van der Waals surface area contributed by atoms with Gasteiger partial charge in [-0.15, -0.1) is 0 Å². The van der Waals surface area contributed by atoms with E-state index in [1.54, 1.807) is 0 Å². The maximum absolute atomic E-state index is 5.82. The summed E-state index contributed by atoms with van der Waals surface area (Å²) in [6.45, 7) is 4.79. The van der Waals surface area contributed by atoms with Crippen LogP contribution in [0.4, 0.5) is 0 Å². The average Bonchev–Trinajstić information content (AvgIpc) is 2.48. The molecule has 4 heteroatoms. The first-order valence-electron chi connectivity index (χ1n) is 6.95. The van der Waals surface area contributed by atoms with Crippen molar-refractivity contribution in [3.05, 3.63) is 29.8 Å². The van der Waals surface area contributed by atoms with Crippen molar-refractivity contribution in [2.24, 2.45) is 0 Å². The van der Waals surface area contributed by atoms with Crippen molar-refractivity contribution >= 4 is 0 Å². The molecule has 1 aliphatic rings. The lowest BCUT2D eigenvalue weighted by atomic mass is 10.0. The molecule has 1 N–H and O–H groups in total. The number of hydrogen-bond acceptors (Lipinski definition) is 4. The number of benzene rings is 1. The molecule has 1 aromatic carbocycles. The maximum atomic E-state index is 5.82. The number of nitrogens with one attached hydrogen (secondary N) is 1. The van der Waals surface area contributed by atoms with Crippen molar-refractivity contribution in [3.63, 3.8) is 0 Å². The van der Waals surface area contributed by atoms with Crippen molar-refractivity contribution in [2.75, 3.05) is 33.5 Å². The Bertz CT molecular complexity index is 377. The third kappa shape index (κ3) is 3.69. The normalized spacial score (nSPS) is 21.1. The predicted molar refractivity (Wildman–Crippen MR) is 74.6 cm³/mol.